The minimum absolute atomic E-state index is 0.0314. The van der Waals surface area contributed by atoms with E-state index in [1.165, 1.54) is 0 Å². The van der Waals surface area contributed by atoms with Crippen LogP contribution in [0.25, 0.3) is 0 Å². The van der Waals surface area contributed by atoms with E-state index in [1.54, 1.807) is 11.1 Å². The molecule has 2 heterocycles. The van der Waals surface area contributed by atoms with Gasteiger partial charge in [0.05, 0.1) is 6.54 Å². The van der Waals surface area contributed by atoms with Crippen molar-refractivity contribution in [1.29, 1.82) is 0 Å². The Morgan fingerprint density at radius 1 is 1.44 bits per heavy atom. The summed E-state index contributed by atoms with van der Waals surface area (Å²) in [6.07, 6.45) is -0.664. The van der Waals surface area contributed by atoms with E-state index in [0.29, 0.717) is 19.6 Å². The lowest BCUT2D eigenvalue weighted by molar-refractivity contribution is -0.131. The van der Waals surface area contributed by atoms with Crippen molar-refractivity contribution in [3.63, 3.8) is 0 Å². The quantitative estimate of drug-likeness (QED) is 0.779. The third kappa shape index (κ3) is 2.57. The third-order valence-electron chi connectivity index (χ3n) is 2.60. The van der Waals surface area contributed by atoms with E-state index in [0.717, 1.165) is 5.82 Å². The Kier molecular flexibility index (Phi) is 3.25. The number of nitrogens with zero attached hydrogens (tertiary/aromatic N) is 3. The summed E-state index contributed by atoms with van der Waals surface area (Å²) in [6.45, 7) is 1.77. The molecule has 0 aromatic carbocycles. The van der Waals surface area contributed by atoms with Gasteiger partial charge in [0, 0.05) is 32.0 Å². The van der Waals surface area contributed by atoms with E-state index in [4.69, 9.17) is 0 Å². The molecule has 2 rings (SSSR count). The smallest absolute Gasteiger partial charge is 0.333 e. The van der Waals surface area contributed by atoms with Crippen molar-refractivity contribution in [2.45, 2.75) is 24.1 Å². The van der Waals surface area contributed by atoms with Gasteiger partial charge in [-0.3, -0.25) is 4.90 Å². The van der Waals surface area contributed by atoms with Crippen LogP contribution in [-0.4, -0.2) is 38.5 Å². The molecule has 16 heavy (non-hydrogen) atoms. The fourth-order valence-electron chi connectivity index (χ4n) is 1.71. The van der Waals surface area contributed by atoms with Crippen LogP contribution in [0, 0.1) is 0 Å². The van der Waals surface area contributed by atoms with E-state index in [2.05, 4.69) is 20.9 Å². The summed E-state index contributed by atoms with van der Waals surface area (Å²) < 4.78 is 39.0. The Morgan fingerprint density at radius 3 is 2.88 bits per heavy atom. The molecular formula is C9H11BrF3N3. The Hall–Kier alpha value is -0.560. The second-order valence-electron chi connectivity index (χ2n) is 3.78. The Balaban J connectivity index is 1.95. The van der Waals surface area contributed by atoms with Gasteiger partial charge in [0.15, 0.2) is 0 Å². The molecular weight excluding hydrogens is 287 g/mol. The second kappa shape index (κ2) is 4.37. The van der Waals surface area contributed by atoms with Gasteiger partial charge < -0.3 is 4.57 Å². The van der Waals surface area contributed by atoms with Crippen LogP contribution >= 0.6 is 15.9 Å². The number of fused-ring (bicyclic) bond motifs is 1. The van der Waals surface area contributed by atoms with Gasteiger partial charge in [-0.1, -0.05) is 15.9 Å². The molecule has 0 saturated carbocycles. The number of imidazole rings is 1. The van der Waals surface area contributed by atoms with Gasteiger partial charge in [0.1, 0.15) is 10.7 Å². The van der Waals surface area contributed by atoms with Gasteiger partial charge in [0.25, 0.3) is 0 Å². The van der Waals surface area contributed by atoms with E-state index < -0.39 is 11.0 Å². The van der Waals surface area contributed by atoms with E-state index in [-0.39, 0.29) is 6.54 Å². The minimum Gasteiger partial charge on any atom is -0.333 e. The maximum atomic E-state index is 12.3. The maximum absolute atomic E-state index is 12.3. The molecule has 3 nitrogen and oxygen atoms in total. The van der Waals surface area contributed by atoms with Gasteiger partial charge in [-0.2, -0.15) is 13.2 Å². The standard InChI is InChI=1S/C9H11BrF3N3/c10-7(9(11,12)13)5-15-3-4-16-2-1-14-8(16)6-15/h1-2,7H,3-6H2. The molecule has 1 atom stereocenters. The maximum Gasteiger partial charge on any atom is 0.402 e. The van der Waals surface area contributed by atoms with Crippen LogP contribution in [-0.2, 0) is 13.1 Å². The summed E-state index contributed by atoms with van der Waals surface area (Å²) >= 11 is 2.67. The lowest BCUT2D eigenvalue weighted by atomic mass is 10.3. The summed E-state index contributed by atoms with van der Waals surface area (Å²) in [6, 6.07) is 0. The average molecular weight is 298 g/mol. The van der Waals surface area contributed by atoms with Crippen LogP contribution in [0.1, 0.15) is 5.82 Å². The van der Waals surface area contributed by atoms with Crippen LogP contribution in [0.4, 0.5) is 13.2 Å². The Morgan fingerprint density at radius 2 is 2.19 bits per heavy atom. The largest absolute Gasteiger partial charge is 0.402 e. The van der Waals surface area contributed by atoms with Crippen molar-refractivity contribution >= 4 is 15.9 Å². The third-order valence-corrected chi connectivity index (χ3v) is 3.41. The van der Waals surface area contributed by atoms with Crippen molar-refractivity contribution in [1.82, 2.24) is 14.5 Å². The number of aromatic nitrogens is 2. The van der Waals surface area contributed by atoms with Crippen LogP contribution in [0.5, 0.6) is 0 Å². The minimum atomic E-state index is -4.19. The first-order chi connectivity index (χ1) is 7.47. The highest BCUT2D eigenvalue weighted by molar-refractivity contribution is 9.09. The summed E-state index contributed by atoms with van der Waals surface area (Å²) in [4.78, 5) is 4.39. The predicted molar refractivity (Wildman–Crippen MR) is 56.3 cm³/mol. The molecule has 0 spiro atoms. The first-order valence-corrected chi connectivity index (χ1v) is 5.81. The summed E-state index contributed by atoms with van der Waals surface area (Å²) in [5.74, 6) is 0.827. The number of halogens is 4. The number of hydrogen-bond donors (Lipinski definition) is 0. The van der Waals surface area contributed by atoms with Crippen LogP contribution in [0.3, 0.4) is 0 Å². The molecule has 0 N–H and O–H groups in total. The fraction of sp³-hybridized carbons (Fsp3) is 0.667. The predicted octanol–water partition coefficient (Wildman–Crippen LogP) is 2.02. The van der Waals surface area contributed by atoms with Crippen LogP contribution < -0.4 is 0 Å². The van der Waals surface area contributed by atoms with E-state index in [9.17, 15) is 13.2 Å². The molecule has 1 unspecified atom stereocenters. The molecule has 0 amide bonds. The van der Waals surface area contributed by atoms with Crippen LogP contribution in [0.2, 0.25) is 0 Å². The van der Waals surface area contributed by atoms with E-state index >= 15 is 0 Å². The molecule has 1 aromatic rings. The molecule has 1 aromatic heterocycles. The van der Waals surface area contributed by atoms with Crippen molar-refractivity contribution < 1.29 is 13.2 Å². The lowest BCUT2D eigenvalue weighted by Gasteiger charge is -2.29. The summed E-state index contributed by atoms with van der Waals surface area (Å²) in [5.41, 5.74) is 0. The molecule has 7 heteroatoms. The molecule has 0 saturated heterocycles. The van der Waals surface area contributed by atoms with Gasteiger partial charge in [-0.15, -0.1) is 0 Å². The first kappa shape index (κ1) is 11.9. The molecule has 0 aliphatic carbocycles. The molecule has 0 radical (unpaired) electrons. The van der Waals surface area contributed by atoms with Crippen molar-refractivity contribution in [3.05, 3.63) is 18.2 Å². The van der Waals surface area contributed by atoms with Gasteiger partial charge >= 0.3 is 6.18 Å². The molecule has 0 bridgehead atoms. The van der Waals surface area contributed by atoms with Gasteiger partial charge in [-0.25, -0.2) is 4.98 Å². The molecule has 1 aliphatic rings. The zero-order valence-corrected chi connectivity index (χ0v) is 10.00. The summed E-state index contributed by atoms with van der Waals surface area (Å²) in [5, 5.41) is 0. The van der Waals surface area contributed by atoms with Crippen molar-refractivity contribution in [2.24, 2.45) is 0 Å². The molecule has 1 aliphatic heterocycles. The van der Waals surface area contributed by atoms with E-state index in [1.807, 2.05) is 10.8 Å². The number of hydrogen-bond acceptors (Lipinski definition) is 2. The van der Waals surface area contributed by atoms with Gasteiger partial charge in [0.2, 0.25) is 0 Å². The zero-order chi connectivity index (χ0) is 11.8. The number of rotatable bonds is 2. The zero-order valence-electron chi connectivity index (χ0n) is 8.41. The SMILES string of the molecule is FC(F)(F)C(Br)CN1CCn2ccnc2C1. The fourth-order valence-corrected chi connectivity index (χ4v) is 2.12. The Labute approximate surface area is 99.4 Å². The van der Waals surface area contributed by atoms with Crippen molar-refractivity contribution in [3.8, 4) is 0 Å². The molecule has 0 fully saturated rings. The topological polar surface area (TPSA) is 21.1 Å². The Bertz CT molecular complexity index is 363. The second-order valence-corrected chi connectivity index (χ2v) is 4.89. The number of alkyl halides is 4. The molecule has 90 valence electrons. The van der Waals surface area contributed by atoms with Crippen LogP contribution in [0.15, 0.2) is 12.4 Å². The normalized spacial score (nSPS) is 19.5. The van der Waals surface area contributed by atoms with Crippen molar-refractivity contribution in [2.75, 3.05) is 13.1 Å². The summed E-state index contributed by atoms with van der Waals surface area (Å²) in [7, 11) is 0. The average Bonchev–Trinajstić information content (AvgIpc) is 2.63. The highest BCUT2D eigenvalue weighted by atomic mass is 79.9. The first-order valence-electron chi connectivity index (χ1n) is 4.90. The highest BCUT2D eigenvalue weighted by Crippen LogP contribution is 2.27. The lowest BCUT2D eigenvalue weighted by Crippen LogP contribution is -2.41. The monoisotopic (exact) mass is 297 g/mol. The van der Waals surface area contributed by atoms with Gasteiger partial charge in [-0.05, 0) is 0 Å². The highest BCUT2D eigenvalue weighted by Gasteiger charge is 2.39.